The molecule has 0 aliphatic carbocycles. The predicted molar refractivity (Wildman–Crippen MR) is 78.6 cm³/mol. The minimum atomic E-state index is -3.67. The lowest BCUT2D eigenvalue weighted by Crippen LogP contribution is -2.24. The minimum absolute atomic E-state index is 0.112. The summed E-state index contributed by atoms with van der Waals surface area (Å²) in [5.41, 5.74) is 1.40. The van der Waals surface area contributed by atoms with Crippen molar-refractivity contribution in [3.63, 3.8) is 0 Å². The summed E-state index contributed by atoms with van der Waals surface area (Å²) in [6.07, 6.45) is 0. The second-order valence-corrected chi connectivity index (χ2v) is 6.58. The number of rotatable bonds is 4. The van der Waals surface area contributed by atoms with E-state index >= 15 is 0 Å². The van der Waals surface area contributed by atoms with Gasteiger partial charge in [0.1, 0.15) is 5.75 Å². The maximum Gasteiger partial charge on any atom is 0.242 e. The fourth-order valence-electron chi connectivity index (χ4n) is 1.83. The van der Waals surface area contributed by atoms with E-state index in [0.29, 0.717) is 11.4 Å². The lowest BCUT2D eigenvalue weighted by Gasteiger charge is -2.06. The molecule has 21 heavy (non-hydrogen) atoms. The van der Waals surface area contributed by atoms with Gasteiger partial charge in [0, 0.05) is 11.4 Å². The van der Waals surface area contributed by atoms with Crippen molar-refractivity contribution in [3.8, 4) is 0 Å². The summed E-state index contributed by atoms with van der Waals surface area (Å²) in [4.78, 5) is 20.0. The van der Waals surface area contributed by atoms with Gasteiger partial charge in [-0.3, -0.25) is 10.1 Å². The maximum atomic E-state index is 12.1. The Balaban J connectivity index is 2.11. The van der Waals surface area contributed by atoms with Crippen LogP contribution in [0.25, 0.3) is 0 Å². The summed E-state index contributed by atoms with van der Waals surface area (Å²) in [6, 6.07) is 9.60. The molecule has 110 valence electrons. The number of amides is 1. The number of aromatic nitrogens is 2. The highest BCUT2D eigenvalue weighted by Gasteiger charge is 2.19. The van der Waals surface area contributed by atoms with Crippen molar-refractivity contribution in [2.75, 3.05) is 11.1 Å². The van der Waals surface area contributed by atoms with E-state index in [4.69, 9.17) is 0 Å². The van der Waals surface area contributed by atoms with E-state index in [1.807, 2.05) is 0 Å². The van der Waals surface area contributed by atoms with Gasteiger partial charge in [0.15, 0.2) is 9.84 Å². The van der Waals surface area contributed by atoms with Gasteiger partial charge in [-0.05, 0) is 32.0 Å². The van der Waals surface area contributed by atoms with E-state index in [2.05, 4.69) is 15.3 Å². The molecule has 0 unspecified atom stereocenters. The molecule has 0 radical (unpaired) electrons. The van der Waals surface area contributed by atoms with Crippen LogP contribution in [0.1, 0.15) is 11.4 Å². The zero-order valence-electron chi connectivity index (χ0n) is 11.7. The molecule has 0 fully saturated rings. The Hall–Kier alpha value is -2.28. The Morgan fingerprint density at radius 3 is 2.24 bits per heavy atom. The summed E-state index contributed by atoms with van der Waals surface area (Å²) in [6.45, 7) is 3.54. The molecule has 1 N–H and O–H groups in total. The topological polar surface area (TPSA) is 89.0 Å². The van der Waals surface area contributed by atoms with Gasteiger partial charge in [0.2, 0.25) is 11.9 Å². The summed E-state index contributed by atoms with van der Waals surface area (Å²) in [5, 5.41) is 2.41. The van der Waals surface area contributed by atoms with Crippen LogP contribution in [0.4, 0.5) is 5.95 Å². The first-order chi connectivity index (χ1) is 9.87. The quantitative estimate of drug-likeness (QED) is 0.924. The van der Waals surface area contributed by atoms with Crippen molar-refractivity contribution in [1.29, 1.82) is 0 Å². The second kappa shape index (κ2) is 6.01. The summed E-state index contributed by atoms with van der Waals surface area (Å²) >= 11 is 0. The zero-order valence-corrected chi connectivity index (χ0v) is 12.5. The van der Waals surface area contributed by atoms with Crippen LogP contribution in [0.3, 0.4) is 0 Å². The van der Waals surface area contributed by atoms with E-state index in [1.165, 1.54) is 12.1 Å². The molecule has 0 saturated carbocycles. The predicted octanol–water partition coefficient (Wildman–Crippen LogP) is 1.51. The average Bonchev–Trinajstić information content (AvgIpc) is 2.37. The van der Waals surface area contributed by atoms with Crippen molar-refractivity contribution in [3.05, 3.63) is 47.8 Å². The fraction of sp³-hybridized carbons (Fsp3) is 0.214. The first-order valence-corrected chi connectivity index (χ1v) is 7.92. The van der Waals surface area contributed by atoms with Gasteiger partial charge in [-0.15, -0.1) is 0 Å². The lowest BCUT2D eigenvalue weighted by molar-refractivity contribution is -0.113. The van der Waals surface area contributed by atoms with Crippen LogP contribution in [-0.4, -0.2) is 30.0 Å². The molecule has 0 atom stereocenters. The number of aryl methyl sites for hydroxylation is 2. The molecule has 1 aromatic carbocycles. The Morgan fingerprint density at radius 2 is 1.67 bits per heavy atom. The fourth-order valence-corrected chi connectivity index (χ4v) is 2.98. The Morgan fingerprint density at radius 1 is 1.10 bits per heavy atom. The number of nitrogens with zero attached hydrogens (tertiary/aromatic N) is 2. The first kappa shape index (κ1) is 15.1. The van der Waals surface area contributed by atoms with E-state index in [9.17, 15) is 13.2 Å². The average molecular weight is 305 g/mol. The van der Waals surface area contributed by atoms with Gasteiger partial charge in [-0.1, -0.05) is 18.2 Å². The monoisotopic (exact) mass is 305 g/mol. The molecule has 0 spiro atoms. The SMILES string of the molecule is Cc1cc(C)nc(NC(=O)CS(=O)(=O)c2ccccc2)n1. The molecule has 1 aromatic heterocycles. The molecule has 2 rings (SSSR count). The van der Waals surface area contributed by atoms with Crippen LogP contribution in [-0.2, 0) is 14.6 Å². The van der Waals surface area contributed by atoms with Crippen LogP contribution in [0.15, 0.2) is 41.3 Å². The number of sulfone groups is 1. The highest BCUT2D eigenvalue weighted by atomic mass is 32.2. The standard InChI is InChI=1S/C14H15N3O3S/c1-10-8-11(2)16-14(15-10)17-13(18)9-21(19,20)12-6-4-3-5-7-12/h3-8H,9H2,1-2H3,(H,15,16,17,18). The molecular formula is C14H15N3O3S. The molecule has 1 amide bonds. The Labute approximate surface area is 123 Å². The molecule has 0 saturated heterocycles. The van der Waals surface area contributed by atoms with Gasteiger partial charge in [0.25, 0.3) is 0 Å². The third-order valence-corrected chi connectivity index (χ3v) is 4.29. The Kier molecular flexibility index (Phi) is 4.32. The van der Waals surface area contributed by atoms with Crippen LogP contribution in [0, 0.1) is 13.8 Å². The smallest absolute Gasteiger partial charge is 0.242 e. The number of carbonyl (C=O) groups is 1. The van der Waals surface area contributed by atoms with Crippen molar-refractivity contribution in [1.82, 2.24) is 9.97 Å². The van der Waals surface area contributed by atoms with Crippen molar-refractivity contribution in [2.45, 2.75) is 18.7 Å². The van der Waals surface area contributed by atoms with E-state index in [1.54, 1.807) is 38.1 Å². The van der Waals surface area contributed by atoms with Crippen LogP contribution in [0.5, 0.6) is 0 Å². The lowest BCUT2D eigenvalue weighted by atomic mass is 10.4. The van der Waals surface area contributed by atoms with Crippen molar-refractivity contribution >= 4 is 21.7 Å². The van der Waals surface area contributed by atoms with E-state index < -0.39 is 21.5 Å². The number of hydrogen-bond donors (Lipinski definition) is 1. The van der Waals surface area contributed by atoms with Crippen LogP contribution >= 0.6 is 0 Å². The molecule has 2 aromatic rings. The third-order valence-electron chi connectivity index (χ3n) is 2.66. The number of carbonyl (C=O) groups excluding carboxylic acids is 1. The normalized spacial score (nSPS) is 11.1. The molecule has 0 aliphatic rings. The molecule has 7 heteroatoms. The largest absolute Gasteiger partial charge is 0.294 e. The molecule has 6 nitrogen and oxygen atoms in total. The minimum Gasteiger partial charge on any atom is -0.294 e. The highest BCUT2D eigenvalue weighted by molar-refractivity contribution is 7.92. The summed E-state index contributed by atoms with van der Waals surface area (Å²) < 4.78 is 24.1. The van der Waals surface area contributed by atoms with Gasteiger partial charge >= 0.3 is 0 Å². The highest BCUT2D eigenvalue weighted by Crippen LogP contribution is 2.11. The van der Waals surface area contributed by atoms with Crippen LogP contribution < -0.4 is 5.32 Å². The molecule has 1 heterocycles. The number of nitrogens with one attached hydrogen (secondary N) is 1. The number of hydrogen-bond acceptors (Lipinski definition) is 5. The van der Waals surface area contributed by atoms with Gasteiger partial charge in [-0.2, -0.15) is 0 Å². The zero-order chi connectivity index (χ0) is 15.5. The molecular weight excluding hydrogens is 290 g/mol. The Bertz CT molecular complexity index is 738. The van der Waals surface area contributed by atoms with Gasteiger partial charge < -0.3 is 0 Å². The third kappa shape index (κ3) is 4.09. The van der Waals surface area contributed by atoms with Crippen LogP contribution in [0.2, 0.25) is 0 Å². The summed E-state index contributed by atoms with van der Waals surface area (Å²) in [7, 11) is -3.67. The van der Waals surface area contributed by atoms with Crippen molar-refractivity contribution in [2.24, 2.45) is 0 Å². The second-order valence-electron chi connectivity index (χ2n) is 4.59. The van der Waals surface area contributed by atoms with E-state index in [-0.39, 0.29) is 10.8 Å². The van der Waals surface area contributed by atoms with Gasteiger partial charge in [-0.25, -0.2) is 18.4 Å². The number of anilines is 1. The van der Waals surface area contributed by atoms with E-state index in [0.717, 1.165) is 0 Å². The molecule has 0 aliphatic heterocycles. The van der Waals surface area contributed by atoms with Crippen molar-refractivity contribution < 1.29 is 13.2 Å². The first-order valence-electron chi connectivity index (χ1n) is 6.27. The maximum absolute atomic E-state index is 12.1. The summed E-state index contributed by atoms with van der Waals surface area (Å²) in [5.74, 6) is -1.20. The molecule has 0 bridgehead atoms. The number of benzene rings is 1. The van der Waals surface area contributed by atoms with Gasteiger partial charge in [0.05, 0.1) is 4.90 Å².